The van der Waals surface area contributed by atoms with Gasteiger partial charge in [-0.15, -0.1) is 0 Å². The summed E-state index contributed by atoms with van der Waals surface area (Å²) in [4.78, 5) is 29.0. The molecule has 1 saturated heterocycles. The Balaban J connectivity index is 1.43. The van der Waals surface area contributed by atoms with E-state index in [-0.39, 0.29) is 42.2 Å². The highest BCUT2D eigenvalue weighted by Crippen LogP contribution is 2.54. The zero-order chi connectivity index (χ0) is 23.5. The van der Waals surface area contributed by atoms with Gasteiger partial charge in [0.2, 0.25) is 5.91 Å². The van der Waals surface area contributed by atoms with Crippen molar-refractivity contribution in [3.8, 4) is 0 Å². The fourth-order valence-corrected chi connectivity index (χ4v) is 6.48. The number of amides is 2. The predicted molar refractivity (Wildman–Crippen MR) is 116 cm³/mol. The molecule has 3 fully saturated rings. The maximum Gasteiger partial charge on any atom is 0.403 e. The Bertz CT molecular complexity index is 905. The molecule has 0 radical (unpaired) electrons. The van der Waals surface area contributed by atoms with Gasteiger partial charge < -0.3 is 9.80 Å². The molecule has 1 aromatic rings. The number of nitrogens with zero attached hydrogens (tertiary/aromatic N) is 2. The molecule has 2 bridgehead atoms. The molecular weight excluding hydrogens is 417 g/mol. The minimum absolute atomic E-state index is 0.0119. The Kier molecular flexibility index (Phi) is 5.41. The number of likely N-dealkylation sites (tertiary alicyclic amines) is 1. The summed E-state index contributed by atoms with van der Waals surface area (Å²) in [5, 5.41) is 0. The summed E-state index contributed by atoms with van der Waals surface area (Å²) in [5.74, 6) is -0.852. The third-order valence-electron chi connectivity index (χ3n) is 7.80. The number of fused-ring (bicyclic) bond motifs is 2. The molecule has 1 aliphatic heterocycles. The molecule has 2 unspecified atom stereocenters. The number of carbonyl (C=O) groups excluding carboxylic acids is 2. The Labute approximate surface area is 188 Å². The van der Waals surface area contributed by atoms with E-state index in [0.717, 1.165) is 30.7 Å². The quantitative estimate of drug-likeness (QED) is 0.615. The van der Waals surface area contributed by atoms with Gasteiger partial charge in [0.15, 0.2) is 0 Å². The van der Waals surface area contributed by atoms with Crippen molar-refractivity contribution in [1.29, 1.82) is 0 Å². The van der Waals surface area contributed by atoms with Crippen LogP contribution in [-0.2, 0) is 11.3 Å². The van der Waals surface area contributed by atoms with Crippen LogP contribution in [0, 0.1) is 16.2 Å². The lowest BCUT2D eigenvalue weighted by Gasteiger charge is -2.43. The number of alkyl halides is 3. The van der Waals surface area contributed by atoms with E-state index in [9.17, 15) is 22.8 Å². The highest BCUT2D eigenvalue weighted by Gasteiger charge is 2.64. The minimum Gasteiger partial charge on any atom is -0.341 e. The van der Waals surface area contributed by atoms with Crippen LogP contribution in [0.3, 0.4) is 0 Å². The van der Waals surface area contributed by atoms with Crippen LogP contribution in [0.25, 0.3) is 0 Å². The third kappa shape index (κ3) is 3.92. The smallest absolute Gasteiger partial charge is 0.341 e. The zero-order valence-corrected chi connectivity index (χ0v) is 19.4. The molecule has 0 N–H and O–H groups in total. The van der Waals surface area contributed by atoms with E-state index in [1.165, 1.54) is 7.05 Å². The van der Waals surface area contributed by atoms with Crippen molar-refractivity contribution < 1.29 is 22.8 Å². The first-order chi connectivity index (χ1) is 14.8. The summed E-state index contributed by atoms with van der Waals surface area (Å²) in [6.07, 6.45) is -1.23. The molecule has 1 aromatic carbocycles. The number of carbonyl (C=O) groups is 2. The first-order valence-corrected chi connectivity index (χ1v) is 11.5. The van der Waals surface area contributed by atoms with Gasteiger partial charge in [0.25, 0.3) is 5.91 Å². The maximum atomic E-state index is 13.5. The lowest BCUT2D eigenvalue weighted by molar-refractivity contribution is -0.248. The SMILES string of the molecule is CN(Cc1ccc(C(=O)N2CC3(C)CC2CC(C)(C)C3)cc1)C(=O)C1(C(F)(F)F)CCC1. The Morgan fingerprint density at radius 1 is 1.09 bits per heavy atom. The first-order valence-electron chi connectivity index (χ1n) is 11.5. The summed E-state index contributed by atoms with van der Waals surface area (Å²) < 4.78 is 40.4. The van der Waals surface area contributed by atoms with Gasteiger partial charge in [-0.2, -0.15) is 13.2 Å². The molecule has 0 spiro atoms. The third-order valence-corrected chi connectivity index (χ3v) is 7.80. The van der Waals surface area contributed by atoms with E-state index in [1.54, 1.807) is 24.3 Å². The van der Waals surface area contributed by atoms with Crippen LogP contribution in [0.15, 0.2) is 24.3 Å². The van der Waals surface area contributed by atoms with Crippen molar-refractivity contribution in [1.82, 2.24) is 9.80 Å². The van der Waals surface area contributed by atoms with Crippen molar-refractivity contribution in [3.63, 3.8) is 0 Å². The Hall–Kier alpha value is -2.05. The highest BCUT2D eigenvalue weighted by atomic mass is 19.4. The van der Waals surface area contributed by atoms with Gasteiger partial charge in [-0.3, -0.25) is 9.59 Å². The zero-order valence-electron chi connectivity index (χ0n) is 19.4. The van der Waals surface area contributed by atoms with E-state index < -0.39 is 17.5 Å². The van der Waals surface area contributed by atoms with Crippen molar-refractivity contribution in [2.45, 2.75) is 78.1 Å². The van der Waals surface area contributed by atoms with Gasteiger partial charge >= 0.3 is 6.18 Å². The molecule has 176 valence electrons. The number of halogens is 3. The summed E-state index contributed by atoms with van der Waals surface area (Å²) >= 11 is 0. The van der Waals surface area contributed by atoms with Crippen LogP contribution >= 0.6 is 0 Å². The van der Waals surface area contributed by atoms with E-state index in [4.69, 9.17) is 0 Å². The van der Waals surface area contributed by atoms with Crippen LogP contribution < -0.4 is 0 Å². The fraction of sp³-hybridized carbons (Fsp3) is 0.680. The second-order valence-electron chi connectivity index (χ2n) is 11.4. The van der Waals surface area contributed by atoms with Crippen molar-refractivity contribution in [2.75, 3.05) is 13.6 Å². The summed E-state index contributed by atoms with van der Waals surface area (Å²) in [7, 11) is 1.42. The van der Waals surface area contributed by atoms with Crippen LogP contribution in [-0.4, -0.2) is 47.4 Å². The number of hydrogen-bond donors (Lipinski definition) is 0. The molecular formula is C25H33F3N2O2. The number of rotatable bonds is 4. The van der Waals surface area contributed by atoms with E-state index in [2.05, 4.69) is 20.8 Å². The van der Waals surface area contributed by atoms with Gasteiger partial charge in [-0.1, -0.05) is 39.3 Å². The molecule has 2 atom stereocenters. The monoisotopic (exact) mass is 450 g/mol. The van der Waals surface area contributed by atoms with E-state index >= 15 is 0 Å². The summed E-state index contributed by atoms with van der Waals surface area (Å²) in [5.41, 5.74) is -0.553. The van der Waals surface area contributed by atoms with Crippen LogP contribution in [0.5, 0.6) is 0 Å². The molecule has 4 rings (SSSR count). The minimum atomic E-state index is -4.52. The predicted octanol–water partition coefficient (Wildman–Crippen LogP) is 5.42. The van der Waals surface area contributed by atoms with Gasteiger partial charge in [0.05, 0.1) is 0 Å². The maximum absolute atomic E-state index is 13.5. The van der Waals surface area contributed by atoms with Crippen LogP contribution in [0.4, 0.5) is 13.2 Å². The van der Waals surface area contributed by atoms with Gasteiger partial charge in [-0.25, -0.2) is 0 Å². The van der Waals surface area contributed by atoms with Gasteiger partial charge in [0.1, 0.15) is 5.41 Å². The molecule has 4 nitrogen and oxygen atoms in total. The molecule has 2 amide bonds. The highest BCUT2D eigenvalue weighted by molar-refractivity contribution is 5.94. The first kappa shape index (κ1) is 23.1. The second kappa shape index (κ2) is 7.49. The summed E-state index contributed by atoms with van der Waals surface area (Å²) in [6.45, 7) is 7.65. The molecule has 1 heterocycles. The number of benzene rings is 1. The van der Waals surface area contributed by atoms with Gasteiger partial charge in [-0.05, 0) is 60.6 Å². The Morgan fingerprint density at radius 2 is 1.72 bits per heavy atom. The topological polar surface area (TPSA) is 40.6 Å². The lowest BCUT2D eigenvalue weighted by Crippen LogP contribution is -2.55. The average molecular weight is 451 g/mol. The van der Waals surface area contributed by atoms with E-state index in [0.29, 0.717) is 17.5 Å². The average Bonchev–Trinajstić information content (AvgIpc) is 2.88. The van der Waals surface area contributed by atoms with Gasteiger partial charge in [0, 0.05) is 31.7 Å². The molecule has 0 aromatic heterocycles. The van der Waals surface area contributed by atoms with Crippen LogP contribution in [0.2, 0.25) is 0 Å². The second-order valence-corrected chi connectivity index (χ2v) is 11.4. The molecule has 3 aliphatic rings. The normalized spacial score (nSPS) is 28.2. The lowest BCUT2D eigenvalue weighted by atomic mass is 9.65. The van der Waals surface area contributed by atoms with E-state index in [1.807, 2.05) is 4.90 Å². The molecule has 7 heteroatoms. The number of hydrogen-bond acceptors (Lipinski definition) is 2. The fourth-order valence-electron chi connectivity index (χ4n) is 6.48. The summed E-state index contributed by atoms with van der Waals surface area (Å²) in [6, 6.07) is 7.20. The van der Waals surface area contributed by atoms with Crippen molar-refractivity contribution in [3.05, 3.63) is 35.4 Å². The molecule has 2 saturated carbocycles. The Morgan fingerprint density at radius 3 is 2.25 bits per heavy atom. The van der Waals surface area contributed by atoms with Crippen LogP contribution in [0.1, 0.15) is 75.2 Å². The molecule has 32 heavy (non-hydrogen) atoms. The molecule has 2 aliphatic carbocycles. The standard InChI is InChI=1S/C25H33F3N2O2/c1-22(2)12-19-13-23(3,15-22)16-30(19)20(31)18-8-6-17(7-9-18)14-29(4)21(32)24(10-5-11-24)25(26,27)28/h6-9,19H,5,10-16H2,1-4H3. The largest absolute Gasteiger partial charge is 0.403 e. The van der Waals surface area contributed by atoms with Crippen molar-refractivity contribution >= 4 is 11.8 Å². The van der Waals surface area contributed by atoms with Crippen molar-refractivity contribution in [2.24, 2.45) is 16.2 Å².